The fourth-order valence-corrected chi connectivity index (χ4v) is 2.97. The number of hydrogen-bond donors (Lipinski definition) is 2. The van der Waals surface area contributed by atoms with Crippen LogP contribution in [0.4, 0.5) is 0 Å². The van der Waals surface area contributed by atoms with E-state index in [1.807, 2.05) is 28.8 Å². The van der Waals surface area contributed by atoms with Gasteiger partial charge in [0.15, 0.2) is 5.65 Å². The molecule has 2 atom stereocenters. The Bertz CT molecular complexity index is 623. The number of aromatic nitrogens is 3. The molecule has 2 unspecified atom stereocenters. The first-order chi connectivity index (χ1) is 10.2. The molecule has 112 valence electrons. The first kappa shape index (κ1) is 14.0. The normalized spacial score (nSPS) is 22.3. The van der Waals surface area contributed by atoms with Crippen molar-refractivity contribution in [1.29, 1.82) is 0 Å². The lowest BCUT2D eigenvalue weighted by Crippen LogP contribution is -2.38. The average molecular weight is 287 g/mol. The lowest BCUT2D eigenvalue weighted by molar-refractivity contribution is -0.126. The van der Waals surface area contributed by atoms with Crippen molar-refractivity contribution in [2.24, 2.45) is 11.7 Å². The maximum Gasteiger partial charge on any atom is 0.223 e. The van der Waals surface area contributed by atoms with Gasteiger partial charge in [-0.1, -0.05) is 12.5 Å². The zero-order chi connectivity index (χ0) is 14.7. The molecule has 0 spiro atoms. The van der Waals surface area contributed by atoms with E-state index in [4.69, 9.17) is 5.73 Å². The van der Waals surface area contributed by atoms with Gasteiger partial charge in [-0.25, -0.2) is 0 Å². The molecule has 6 nitrogen and oxygen atoms in total. The Balaban J connectivity index is 1.52. The third-order valence-corrected chi connectivity index (χ3v) is 4.12. The first-order valence-electron chi connectivity index (χ1n) is 7.56. The van der Waals surface area contributed by atoms with Gasteiger partial charge in [0.05, 0.1) is 0 Å². The van der Waals surface area contributed by atoms with Crippen LogP contribution in [0.5, 0.6) is 0 Å². The number of pyridine rings is 1. The molecular weight excluding hydrogens is 266 g/mol. The predicted octanol–water partition coefficient (Wildman–Crippen LogP) is 0.905. The van der Waals surface area contributed by atoms with E-state index in [0.29, 0.717) is 13.0 Å². The van der Waals surface area contributed by atoms with E-state index in [2.05, 4.69) is 15.5 Å². The SMILES string of the molecule is NC1CCCC(C(=O)NCCc2nnc3ccccn23)C1. The third-order valence-electron chi connectivity index (χ3n) is 4.12. The molecule has 1 amide bonds. The maximum atomic E-state index is 12.1. The van der Waals surface area contributed by atoms with Gasteiger partial charge in [-0.05, 0) is 31.4 Å². The van der Waals surface area contributed by atoms with Gasteiger partial charge in [-0.15, -0.1) is 10.2 Å². The summed E-state index contributed by atoms with van der Waals surface area (Å²) in [5.41, 5.74) is 6.76. The Morgan fingerprint density at radius 2 is 2.29 bits per heavy atom. The summed E-state index contributed by atoms with van der Waals surface area (Å²) in [5.74, 6) is 1.06. The van der Waals surface area contributed by atoms with Crippen LogP contribution in [0.2, 0.25) is 0 Å². The van der Waals surface area contributed by atoms with Crippen molar-refractivity contribution in [3.8, 4) is 0 Å². The van der Waals surface area contributed by atoms with Crippen LogP contribution >= 0.6 is 0 Å². The van der Waals surface area contributed by atoms with E-state index in [1.54, 1.807) is 0 Å². The molecule has 2 aromatic rings. The smallest absolute Gasteiger partial charge is 0.223 e. The first-order valence-corrected chi connectivity index (χ1v) is 7.56. The lowest BCUT2D eigenvalue weighted by atomic mass is 9.85. The summed E-state index contributed by atoms with van der Waals surface area (Å²) in [6, 6.07) is 5.97. The molecule has 0 aliphatic heterocycles. The van der Waals surface area contributed by atoms with Gasteiger partial charge in [0.2, 0.25) is 5.91 Å². The van der Waals surface area contributed by atoms with Crippen LogP contribution in [0, 0.1) is 5.92 Å². The van der Waals surface area contributed by atoms with Gasteiger partial charge in [0.25, 0.3) is 0 Å². The second-order valence-electron chi connectivity index (χ2n) is 5.71. The van der Waals surface area contributed by atoms with Crippen LogP contribution < -0.4 is 11.1 Å². The van der Waals surface area contributed by atoms with Gasteiger partial charge in [-0.3, -0.25) is 9.20 Å². The van der Waals surface area contributed by atoms with Crippen LogP contribution in [0.15, 0.2) is 24.4 Å². The Labute approximate surface area is 123 Å². The van der Waals surface area contributed by atoms with Crippen molar-refractivity contribution in [2.45, 2.75) is 38.1 Å². The molecular formula is C15H21N5O. The number of amides is 1. The average Bonchev–Trinajstić information content (AvgIpc) is 2.91. The summed E-state index contributed by atoms with van der Waals surface area (Å²) in [4.78, 5) is 12.1. The van der Waals surface area contributed by atoms with Crippen molar-refractivity contribution in [1.82, 2.24) is 19.9 Å². The molecule has 0 aromatic carbocycles. The second kappa shape index (κ2) is 6.22. The highest BCUT2D eigenvalue weighted by Crippen LogP contribution is 2.23. The molecule has 1 fully saturated rings. The van der Waals surface area contributed by atoms with Crippen molar-refractivity contribution in [3.63, 3.8) is 0 Å². The minimum atomic E-state index is 0.0730. The van der Waals surface area contributed by atoms with Gasteiger partial charge in [-0.2, -0.15) is 0 Å². The highest BCUT2D eigenvalue weighted by atomic mass is 16.1. The second-order valence-corrected chi connectivity index (χ2v) is 5.71. The summed E-state index contributed by atoms with van der Waals surface area (Å²) in [5, 5.41) is 11.3. The van der Waals surface area contributed by atoms with Crippen molar-refractivity contribution in [2.75, 3.05) is 6.54 Å². The van der Waals surface area contributed by atoms with Crippen LogP contribution in [0.25, 0.3) is 5.65 Å². The molecule has 1 saturated carbocycles. The third kappa shape index (κ3) is 3.21. The minimum absolute atomic E-state index is 0.0730. The zero-order valence-corrected chi connectivity index (χ0v) is 12.0. The fraction of sp³-hybridized carbons (Fsp3) is 0.533. The number of nitrogens with zero attached hydrogens (tertiary/aromatic N) is 3. The number of fused-ring (bicyclic) bond motifs is 1. The topological polar surface area (TPSA) is 85.3 Å². The van der Waals surface area contributed by atoms with Gasteiger partial charge < -0.3 is 11.1 Å². The van der Waals surface area contributed by atoms with Crippen LogP contribution in [-0.2, 0) is 11.2 Å². The van der Waals surface area contributed by atoms with Crippen LogP contribution in [-0.4, -0.2) is 33.1 Å². The monoisotopic (exact) mass is 287 g/mol. The summed E-state index contributed by atoms with van der Waals surface area (Å²) in [6.07, 6.45) is 6.46. The molecule has 0 saturated heterocycles. The number of carbonyl (C=O) groups excluding carboxylic acids is 1. The van der Waals surface area contributed by atoms with E-state index in [0.717, 1.165) is 37.2 Å². The number of carbonyl (C=O) groups is 1. The van der Waals surface area contributed by atoms with Crippen molar-refractivity contribution < 1.29 is 4.79 Å². The largest absolute Gasteiger partial charge is 0.355 e. The summed E-state index contributed by atoms with van der Waals surface area (Å²) < 4.78 is 1.95. The molecule has 21 heavy (non-hydrogen) atoms. The summed E-state index contributed by atoms with van der Waals surface area (Å²) in [6.45, 7) is 0.584. The van der Waals surface area contributed by atoms with Crippen LogP contribution in [0.3, 0.4) is 0 Å². The molecule has 3 rings (SSSR count). The molecule has 0 bridgehead atoms. The molecule has 6 heteroatoms. The predicted molar refractivity (Wildman–Crippen MR) is 79.6 cm³/mol. The summed E-state index contributed by atoms with van der Waals surface area (Å²) in [7, 11) is 0. The molecule has 1 aliphatic carbocycles. The van der Waals surface area contributed by atoms with E-state index in [9.17, 15) is 4.79 Å². The van der Waals surface area contributed by atoms with E-state index in [-0.39, 0.29) is 17.9 Å². The Kier molecular flexibility index (Phi) is 4.15. The van der Waals surface area contributed by atoms with E-state index in [1.165, 1.54) is 0 Å². The fourth-order valence-electron chi connectivity index (χ4n) is 2.97. The lowest BCUT2D eigenvalue weighted by Gasteiger charge is -2.25. The number of nitrogens with two attached hydrogens (primary N) is 1. The molecule has 3 N–H and O–H groups in total. The van der Waals surface area contributed by atoms with E-state index >= 15 is 0 Å². The highest BCUT2D eigenvalue weighted by molar-refractivity contribution is 5.78. The van der Waals surface area contributed by atoms with Crippen LogP contribution in [0.1, 0.15) is 31.5 Å². The Hall–Kier alpha value is -1.95. The van der Waals surface area contributed by atoms with E-state index < -0.39 is 0 Å². The number of hydrogen-bond acceptors (Lipinski definition) is 4. The van der Waals surface area contributed by atoms with Gasteiger partial charge in [0.1, 0.15) is 5.82 Å². The number of nitrogens with one attached hydrogen (secondary N) is 1. The van der Waals surface area contributed by atoms with Gasteiger partial charge >= 0.3 is 0 Å². The highest BCUT2D eigenvalue weighted by Gasteiger charge is 2.24. The molecule has 0 radical (unpaired) electrons. The summed E-state index contributed by atoms with van der Waals surface area (Å²) >= 11 is 0. The molecule has 2 aromatic heterocycles. The molecule has 2 heterocycles. The standard InChI is InChI=1S/C15H21N5O/c16-12-5-3-4-11(10-12)15(21)17-8-7-14-19-18-13-6-1-2-9-20(13)14/h1-2,6,9,11-12H,3-5,7-8,10,16H2,(H,17,21). The van der Waals surface area contributed by atoms with Gasteiger partial charge in [0, 0.05) is 31.1 Å². The Morgan fingerprint density at radius 1 is 1.38 bits per heavy atom. The van der Waals surface area contributed by atoms with Crippen molar-refractivity contribution >= 4 is 11.6 Å². The Morgan fingerprint density at radius 3 is 3.14 bits per heavy atom. The maximum absolute atomic E-state index is 12.1. The number of rotatable bonds is 4. The van der Waals surface area contributed by atoms with Crippen molar-refractivity contribution in [3.05, 3.63) is 30.2 Å². The quantitative estimate of drug-likeness (QED) is 0.875. The zero-order valence-electron chi connectivity index (χ0n) is 12.0. The molecule has 1 aliphatic rings. The minimum Gasteiger partial charge on any atom is -0.355 e.